The van der Waals surface area contributed by atoms with E-state index in [1.54, 1.807) is 0 Å². The van der Waals surface area contributed by atoms with Gasteiger partial charge in [0, 0.05) is 19.0 Å². The van der Waals surface area contributed by atoms with Gasteiger partial charge in [-0.25, -0.2) is 0 Å². The number of nitrogens with one attached hydrogen (secondary N) is 1. The van der Waals surface area contributed by atoms with E-state index < -0.39 is 0 Å². The minimum Gasteiger partial charge on any atom is -0.327 e. The van der Waals surface area contributed by atoms with E-state index in [1.165, 1.54) is 5.56 Å². The molecule has 0 spiro atoms. The van der Waals surface area contributed by atoms with Gasteiger partial charge in [0.15, 0.2) is 0 Å². The smallest absolute Gasteiger partial charge is 0.225 e. The number of carbonyl (C=O) groups excluding carboxylic acids is 1. The van der Waals surface area contributed by atoms with Gasteiger partial charge in [-0.3, -0.25) is 10.1 Å². The highest BCUT2D eigenvalue weighted by Gasteiger charge is 2.36. The molecule has 16 heavy (non-hydrogen) atoms. The second-order valence-corrected chi connectivity index (χ2v) is 4.58. The van der Waals surface area contributed by atoms with E-state index in [2.05, 4.69) is 17.4 Å². The van der Waals surface area contributed by atoms with E-state index in [4.69, 9.17) is 0 Å². The van der Waals surface area contributed by atoms with Crippen LogP contribution >= 0.6 is 0 Å². The van der Waals surface area contributed by atoms with Crippen LogP contribution in [0, 0.1) is 0 Å². The summed E-state index contributed by atoms with van der Waals surface area (Å²) in [7, 11) is 0. The van der Waals surface area contributed by atoms with Gasteiger partial charge in [0.2, 0.25) is 5.91 Å². The first-order valence-corrected chi connectivity index (χ1v) is 5.95. The Balaban J connectivity index is 1.81. The van der Waals surface area contributed by atoms with Crippen LogP contribution in [0.3, 0.4) is 0 Å². The normalized spacial score (nSPS) is 29.2. The fourth-order valence-corrected chi connectivity index (χ4v) is 2.72. The van der Waals surface area contributed by atoms with Gasteiger partial charge in [0.05, 0.1) is 6.17 Å². The fraction of sp³-hybridized carbons (Fsp3) is 0.462. The number of rotatable bonds is 1. The molecule has 0 aromatic heterocycles. The summed E-state index contributed by atoms with van der Waals surface area (Å²) in [5.74, 6) is 0.301. The molecule has 2 heterocycles. The number of carbonyl (C=O) groups is 1. The molecular weight excluding hydrogens is 200 g/mol. The maximum atomic E-state index is 11.9. The Labute approximate surface area is 95.4 Å². The molecule has 1 amide bonds. The predicted molar refractivity (Wildman–Crippen MR) is 61.7 cm³/mol. The third-order valence-corrected chi connectivity index (χ3v) is 3.55. The van der Waals surface area contributed by atoms with Crippen molar-refractivity contribution in [2.45, 2.75) is 31.5 Å². The van der Waals surface area contributed by atoms with Crippen LogP contribution in [0.2, 0.25) is 0 Å². The van der Waals surface area contributed by atoms with E-state index in [1.807, 2.05) is 23.1 Å². The quantitative estimate of drug-likeness (QED) is 0.774. The topological polar surface area (TPSA) is 32.3 Å². The fourth-order valence-electron chi connectivity index (χ4n) is 2.72. The highest BCUT2D eigenvalue weighted by atomic mass is 16.2. The second-order valence-electron chi connectivity index (χ2n) is 4.58. The van der Waals surface area contributed by atoms with Crippen LogP contribution in [-0.4, -0.2) is 23.5 Å². The number of amides is 1. The molecule has 1 aromatic carbocycles. The lowest BCUT2D eigenvalue weighted by atomic mass is 10.0. The van der Waals surface area contributed by atoms with Crippen molar-refractivity contribution in [3.8, 4) is 0 Å². The lowest BCUT2D eigenvalue weighted by Gasteiger charge is -2.36. The third kappa shape index (κ3) is 1.61. The molecule has 1 N–H and O–H groups in total. The van der Waals surface area contributed by atoms with Gasteiger partial charge in [-0.15, -0.1) is 0 Å². The zero-order chi connectivity index (χ0) is 11.0. The van der Waals surface area contributed by atoms with Crippen molar-refractivity contribution in [2.24, 2.45) is 0 Å². The van der Waals surface area contributed by atoms with Crippen LogP contribution in [0.25, 0.3) is 0 Å². The van der Waals surface area contributed by atoms with E-state index >= 15 is 0 Å². The Morgan fingerprint density at radius 1 is 1.25 bits per heavy atom. The molecule has 1 aromatic rings. The average Bonchev–Trinajstić information content (AvgIpc) is 2.79. The van der Waals surface area contributed by atoms with E-state index in [0.29, 0.717) is 12.3 Å². The van der Waals surface area contributed by atoms with Gasteiger partial charge in [-0.2, -0.15) is 0 Å². The van der Waals surface area contributed by atoms with Crippen LogP contribution in [0.1, 0.15) is 30.9 Å². The molecular formula is C13H16N2O. The molecule has 84 valence electrons. The number of benzene rings is 1. The summed E-state index contributed by atoms with van der Waals surface area (Å²) in [6, 6.07) is 10.5. The van der Waals surface area contributed by atoms with E-state index in [-0.39, 0.29) is 12.2 Å². The maximum Gasteiger partial charge on any atom is 0.225 e. The molecule has 2 aliphatic heterocycles. The molecule has 2 atom stereocenters. The Kier molecular flexibility index (Phi) is 2.40. The van der Waals surface area contributed by atoms with Gasteiger partial charge in [-0.05, 0) is 18.4 Å². The Morgan fingerprint density at radius 2 is 2.06 bits per heavy atom. The molecule has 2 aliphatic rings. The lowest BCUT2D eigenvalue weighted by molar-refractivity contribution is -0.136. The van der Waals surface area contributed by atoms with Gasteiger partial charge in [-0.1, -0.05) is 30.3 Å². The van der Waals surface area contributed by atoms with Crippen LogP contribution < -0.4 is 5.32 Å². The average molecular weight is 216 g/mol. The Hall–Kier alpha value is -1.35. The number of fused-ring (bicyclic) bond motifs is 1. The zero-order valence-electron chi connectivity index (χ0n) is 9.23. The highest BCUT2D eigenvalue weighted by molar-refractivity contribution is 5.78. The summed E-state index contributed by atoms with van der Waals surface area (Å²) in [5, 5.41) is 3.57. The predicted octanol–water partition coefficient (Wildman–Crippen LogP) is 1.67. The van der Waals surface area contributed by atoms with Crippen LogP contribution in [0.15, 0.2) is 30.3 Å². The van der Waals surface area contributed by atoms with Crippen LogP contribution in [0.5, 0.6) is 0 Å². The third-order valence-electron chi connectivity index (χ3n) is 3.55. The van der Waals surface area contributed by atoms with E-state index in [9.17, 15) is 4.79 Å². The Bertz CT molecular complexity index is 390. The molecule has 0 saturated carbocycles. The standard InChI is InChI=1S/C13H16N2O/c16-13-9-11(10-5-2-1-3-6-10)14-12-7-4-8-15(12)13/h1-3,5-6,11-12,14H,4,7-9H2/t11-,12?/m0/s1. The van der Waals surface area contributed by atoms with Gasteiger partial charge in [0.25, 0.3) is 0 Å². The maximum absolute atomic E-state index is 11.9. The van der Waals surface area contributed by atoms with Crippen molar-refractivity contribution in [3.63, 3.8) is 0 Å². The number of hydrogen-bond acceptors (Lipinski definition) is 2. The minimum absolute atomic E-state index is 0.202. The Morgan fingerprint density at radius 3 is 2.88 bits per heavy atom. The van der Waals surface area contributed by atoms with Crippen LogP contribution in [0.4, 0.5) is 0 Å². The molecule has 2 saturated heterocycles. The molecule has 1 unspecified atom stereocenters. The lowest BCUT2D eigenvalue weighted by Crippen LogP contribution is -2.51. The summed E-state index contributed by atoms with van der Waals surface area (Å²) in [6.07, 6.45) is 3.09. The first kappa shape index (κ1) is 9.85. The summed E-state index contributed by atoms with van der Waals surface area (Å²) >= 11 is 0. The first-order chi connectivity index (χ1) is 7.84. The molecule has 3 heteroatoms. The largest absolute Gasteiger partial charge is 0.327 e. The van der Waals surface area contributed by atoms with Gasteiger partial charge >= 0.3 is 0 Å². The van der Waals surface area contributed by atoms with Crippen molar-refractivity contribution in [3.05, 3.63) is 35.9 Å². The van der Waals surface area contributed by atoms with Crippen molar-refractivity contribution in [1.82, 2.24) is 10.2 Å². The number of nitrogens with zero attached hydrogens (tertiary/aromatic N) is 1. The summed E-state index contributed by atoms with van der Waals surface area (Å²) < 4.78 is 0. The summed E-state index contributed by atoms with van der Waals surface area (Å²) in [5.41, 5.74) is 1.22. The molecule has 0 bridgehead atoms. The molecule has 3 nitrogen and oxygen atoms in total. The second kappa shape index (κ2) is 3.91. The van der Waals surface area contributed by atoms with Crippen molar-refractivity contribution in [1.29, 1.82) is 0 Å². The van der Waals surface area contributed by atoms with Crippen molar-refractivity contribution < 1.29 is 4.79 Å². The van der Waals surface area contributed by atoms with Crippen molar-refractivity contribution in [2.75, 3.05) is 6.54 Å². The minimum atomic E-state index is 0.202. The molecule has 0 aliphatic carbocycles. The molecule has 3 rings (SSSR count). The first-order valence-electron chi connectivity index (χ1n) is 5.95. The van der Waals surface area contributed by atoms with Crippen LogP contribution in [-0.2, 0) is 4.79 Å². The summed E-state index contributed by atoms with van der Waals surface area (Å²) in [6.45, 7) is 0.929. The zero-order valence-corrected chi connectivity index (χ0v) is 9.23. The highest BCUT2D eigenvalue weighted by Crippen LogP contribution is 2.28. The van der Waals surface area contributed by atoms with Gasteiger partial charge < -0.3 is 4.90 Å². The van der Waals surface area contributed by atoms with Crippen molar-refractivity contribution >= 4 is 5.91 Å². The monoisotopic (exact) mass is 216 g/mol. The molecule has 2 fully saturated rings. The number of hydrogen-bond donors (Lipinski definition) is 1. The molecule has 0 radical (unpaired) electrons. The SMILES string of the molecule is O=C1C[C@@H](c2ccccc2)NC2CCCN12. The van der Waals surface area contributed by atoms with Gasteiger partial charge in [0.1, 0.15) is 0 Å². The summed E-state index contributed by atoms with van der Waals surface area (Å²) in [4.78, 5) is 13.9. The van der Waals surface area contributed by atoms with E-state index in [0.717, 1.165) is 19.4 Å².